The van der Waals surface area contributed by atoms with Crippen molar-refractivity contribution in [1.82, 2.24) is 0 Å². The van der Waals surface area contributed by atoms with E-state index < -0.39 is 7.26 Å². The molecule has 0 spiro atoms. The van der Waals surface area contributed by atoms with Gasteiger partial charge in [-0.1, -0.05) is 54.6 Å². The van der Waals surface area contributed by atoms with Gasteiger partial charge in [0.15, 0.2) is 0 Å². The van der Waals surface area contributed by atoms with Crippen LogP contribution in [-0.2, 0) is 4.74 Å². The van der Waals surface area contributed by atoms with Crippen LogP contribution in [0.5, 0.6) is 0 Å². The number of hydrogen-bond donors (Lipinski definition) is 0. The molecule has 0 unspecified atom stereocenters. The van der Waals surface area contributed by atoms with Crippen LogP contribution in [0.15, 0.2) is 103 Å². The summed E-state index contributed by atoms with van der Waals surface area (Å²) in [6, 6.07) is 32.8. The normalized spacial score (nSPS) is 15.6. The van der Waals surface area contributed by atoms with Crippen LogP contribution in [0, 0.1) is 0 Å². The largest absolute Gasteiger partial charge is 1.00 e. The van der Waals surface area contributed by atoms with E-state index in [2.05, 4.69) is 96.8 Å². The van der Waals surface area contributed by atoms with Gasteiger partial charge in [-0.25, -0.2) is 0 Å². The van der Waals surface area contributed by atoms with E-state index in [0.717, 1.165) is 25.2 Å². The van der Waals surface area contributed by atoms with Crippen LogP contribution in [0.1, 0.15) is 19.3 Å². The predicted octanol–water partition coefficient (Wildman–Crippen LogP) is 2.03. The quantitative estimate of drug-likeness (QED) is 0.566. The van der Waals surface area contributed by atoms with Crippen LogP contribution in [0.25, 0.3) is 0 Å². The molecule has 1 saturated heterocycles. The van der Waals surface area contributed by atoms with Gasteiger partial charge in [0, 0.05) is 6.42 Å². The molecule has 3 aromatic carbocycles. The number of hydrogen-bond acceptors (Lipinski definition) is 1. The van der Waals surface area contributed by atoms with E-state index in [1.807, 2.05) is 0 Å². The molecule has 27 heavy (non-hydrogen) atoms. The van der Waals surface area contributed by atoms with E-state index >= 15 is 0 Å². The third-order valence-corrected chi connectivity index (χ3v) is 8.95. The highest BCUT2D eigenvalue weighted by molar-refractivity contribution is 7.98. The van der Waals surface area contributed by atoms with Crippen LogP contribution >= 0.6 is 7.26 Å². The van der Waals surface area contributed by atoms with Crippen molar-refractivity contribution in [2.75, 3.05) is 6.61 Å². The Morgan fingerprint density at radius 1 is 0.630 bits per heavy atom. The Morgan fingerprint density at radius 2 is 1.07 bits per heavy atom. The molecule has 0 aromatic heterocycles. The fraction of sp³-hybridized carbons (Fsp3) is 0.167. The van der Waals surface area contributed by atoms with Crippen LogP contribution in [0.4, 0.5) is 0 Å². The highest BCUT2D eigenvalue weighted by Gasteiger charge is 2.44. The van der Waals surface area contributed by atoms with E-state index in [0.29, 0.717) is 0 Å². The zero-order valence-electron chi connectivity index (χ0n) is 15.3. The van der Waals surface area contributed by atoms with Crippen LogP contribution in [0.2, 0.25) is 0 Å². The van der Waals surface area contributed by atoms with Gasteiger partial charge < -0.3 is 21.7 Å². The fourth-order valence-electron chi connectivity index (χ4n) is 3.65. The monoisotopic (exact) mass is 438 g/mol. The first-order valence-electron chi connectivity index (χ1n) is 9.30. The summed E-state index contributed by atoms with van der Waals surface area (Å²) in [7, 11) is -1.91. The second kappa shape index (κ2) is 9.35. The van der Waals surface area contributed by atoms with E-state index in [-0.39, 0.29) is 17.0 Å². The molecule has 138 valence electrons. The summed E-state index contributed by atoms with van der Waals surface area (Å²) in [5.74, 6) is 3.62. The van der Waals surface area contributed by atoms with Crippen LogP contribution < -0.4 is 32.9 Å². The van der Waals surface area contributed by atoms with Gasteiger partial charge in [0.25, 0.3) is 0 Å². The van der Waals surface area contributed by atoms with Gasteiger partial charge in [-0.2, -0.15) is 0 Å². The first-order chi connectivity index (χ1) is 12.9. The molecule has 0 saturated carbocycles. The molecule has 0 amide bonds. The van der Waals surface area contributed by atoms with E-state index in [1.54, 1.807) is 0 Å². The maximum Gasteiger partial charge on any atom is 0.140 e. The molecule has 0 radical (unpaired) electrons. The number of rotatable bonds is 4. The van der Waals surface area contributed by atoms with Crippen molar-refractivity contribution in [3.8, 4) is 0 Å². The van der Waals surface area contributed by atoms with Gasteiger partial charge in [-0.3, -0.25) is 0 Å². The highest BCUT2D eigenvalue weighted by Crippen LogP contribution is 2.58. The smallest absolute Gasteiger partial charge is 0.140 e. The standard InChI is InChI=1S/C24H24OP.BrH/c1-4-13-22(14-5-1)26(23-15-6-2-7-16-23,24-17-8-3-9-18-24)20-21-12-10-11-19-25-21;/h1-9,13-18,20H,10-12,19H2;1H/q+1;/p-1/b21-20-;. The molecule has 0 atom stereocenters. The average molecular weight is 439 g/mol. The fourth-order valence-corrected chi connectivity index (χ4v) is 7.56. The van der Waals surface area contributed by atoms with Crippen molar-refractivity contribution in [2.45, 2.75) is 19.3 Å². The van der Waals surface area contributed by atoms with E-state index in [9.17, 15) is 0 Å². The van der Waals surface area contributed by atoms with Crippen molar-refractivity contribution >= 4 is 23.2 Å². The Morgan fingerprint density at radius 3 is 1.44 bits per heavy atom. The second-order valence-electron chi connectivity index (χ2n) is 6.63. The Kier molecular flexibility index (Phi) is 6.88. The minimum atomic E-state index is -1.91. The molecule has 0 aliphatic carbocycles. The lowest BCUT2D eigenvalue weighted by atomic mass is 10.2. The van der Waals surface area contributed by atoms with Crippen molar-refractivity contribution in [2.24, 2.45) is 0 Å². The lowest BCUT2D eigenvalue weighted by molar-refractivity contribution is -0.00000599. The van der Waals surface area contributed by atoms with Crippen molar-refractivity contribution in [3.05, 3.63) is 103 Å². The molecule has 1 aliphatic rings. The highest BCUT2D eigenvalue weighted by atomic mass is 79.9. The molecule has 3 aromatic rings. The van der Waals surface area contributed by atoms with Gasteiger partial charge in [-0.15, -0.1) is 0 Å². The van der Waals surface area contributed by atoms with Crippen molar-refractivity contribution in [3.63, 3.8) is 0 Å². The minimum Gasteiger partial charge on any atom is -1.00 e. The molecule has 3 heteroatoms. The summed E-state index contributed by atoms with van der Waals surface area (Å²) in [6.07, 6.45) is 3.41. The lowest BCUT2D eigenvalue weighted by Crippen LogP contribution is -3.00. The van der Waals surface area contributed by atoms with E-state index in [1.165, 1.54) is 22.3 Å². The van der Waals surface area contributed by atoms with Crippen LogP contribution in [0.3, 0.4) is 0 Å². The first-order valence-corrected chi connectivity index (χ1v) is 11.2. The molecule has 1 fully saturated rings. The first kappa shape index (κ1) is 19.9. The Labute approximate surface area is 173 Å². The van der Waals surface area contributed by atoms with Gasteiger partial charge in [0.1, 0.15) is 34.8 Å². The topological polar surface area (TPSA) is 9.23 Å². The van der Waals surface area contributed by atoms with Gasteiger partial charge in [-0.05, 0) is 49.2 Å². The molecule has 4 rings (SSSR count). The summed E-state index contributed by atoms with van der Waals surface area (Å²) in [5.41, 5.74) is 0. The number of halogens is 1. The molecule has 1 aliphatic heterocycles. The number of allylic oxidation sites excluding steroid dienone is 1. The summed E-state index contributed by atoms with van der Waals surface area (Å²) in [5, 5.41) is 4.12. The van der Waals surface area contributed by atoms with Crippen molar-refractivity contribution in [1.29, 1.82) is 0 Å². The zero-order chi connectivity index (χ0) is 17.7. The Hall–Kier alpha value is -1.89. The Bertz CT molecular complexity index is 758. The number of benzene rings is 3. The summed E-state index contributed by atoms with van der Waals surface area (Å²) in [6.45, 7) is 0.838. The molecule has 1 heterocycles. The Balaban J connectivity index is 0.00000210. The van der Waals surface area contributed by atoms with Crippen molar-refractivity contribution < 1.29 is 21.7 Å². The second-order valence-corrected chi connectivity index (χ2v) is 9.88. The summed E-state index contributed by atoms with van der Waals surface area (Å²) >= 11 is 0. The maximum atomic E-state index is 6.09. The molecular weight excluding hydrogens is 415 g/mol. The molecule has 0 bridgehead atoms. The minimum absolute atomic E-state index is 0. The zero-order valence-corrected chi connectivity index (χ0v) is 17.8. The van der Waals surface area contributed by atoms with E-state index in [4.69, 9.17) is 4.74 Å². The lowest BCUT2D eigenvalue weighted by Gasteiger charge is -2.26. The predicted molar refractivity (Wildman–Crippen MR) is 113 cm³/mol. The van der Waals surface area contributed by atoms with Crippen LogP contribution in [-0.4, -0.2) is 6.61 Å². The molecule has 1 nitrogen and oxygen atoms in total. The summed E-state index contributed by atoms with van der Waals surface area (Å²) < 4.78 is 6.09. The number of ether oxygens (including phenoxy) is 1. The van der Waals surface area contributed by atoms with Gasteiger partial charge in [0.2, 0.25) is 0 Å². The maximum absolute atomic E-state index is 6.09. The van der Waals surface area contributed by atoms with Gasteiger partial charge in [0.05, 0.1) is 6.61 Å². The third-order valence-electron chi connectivity index (χ3n) is 4.93. The SMILES string of the molecule is C(=C1\CCCCO1)/[P+](c1ccccc1)(c1ccccc1)c1ccccc1.[Br-]. The molecular formula is C24H24BrOP. The average Bonchev–Trinajstić information content (AvgIpc) is 2.75. The summed E-state index contributed by atoms with van der Waals surface area (Å²) in [4.78, 5) is 0. The third kappa shape index (κ3) is 4.18. The molecule has 0 N–H and O–H groups in total. The van der Waals surface area contributed by atoms with Gasteiger partial charge >= 0.3 is 0 Å².